The van der Waals surface area contributed by atoms with Crippen LogP contribution in [0, 0.1) is 11.8 Å². The maximum atomic E-state index is 11.7. The minimum absolute atomic E-state index is 0.0249. The second-order valence-corrected chi connectivity index (χ2v) is 5.28. The summed E-state index contributed by atoms with van der Waals surface area (Å²) in [6.45, 7) is 0.207. The van der Waals surface area contributed by atoms with Crippen LogP contribution in [-0.4, -0.2) is 37.9 Å². The summed E-state index contributed by atoms with van der Waals surface area (Å²) in [5.74, 6) is 5.01. The lowest BCUT2D eigenvalue weighted by atomic mass is 10.1. The number of amides is 1. The fraction of sp³-hybridized carbons (Fsp3) is 0.200. The Balaban J connectivity index is 1.98. The number of ether oxygens (including phenoxy) is 3. The summed E-state index contributed by atoms with van der Waals surface area (Å²) < 4.78 is 15.5. The molecule has 0 saturated carbocycles. The molecule has 0 radical (unpaired) electrons. The molecule has 0 spiro atoms. The summed E-state index contributed by atoms with van der Waals surface area (Å²) in [6, 6.07) is 12.0. The number of aromatic carboxylic acids is 1. The fourth-order valence-corrected chi connectivity index (χ4v) is 2.18. The number of carbonyl (C=O) groups is 2. The summed E-state index contributed by atoms with van der Waals surface area (Å²) in [6.07, 6.45) is -0.590. The maximum absolute atomic E-state index is 11.7. The lowest BCUT2D eigenvalue weighted by molar-refractivity contribution is 0.0696. The number of nitrogens with one attached hydrogen (secondary N) is 1. The first-order valence-corrected chi connectivity index (χ1v) is 7.98. The number of alkyl carbamates (subject to hydrolysis) is 1. The van der Waals surface area contributed by atoms with Crippen LogP contribution in [0.4, 0.5) is 4.79 Å². The minimum Gasteiger partial charge on any atom is -0.495 e. The van der Waals surface area contributed by atoms with E-state index in [0.717, 1.165) is 5.56 Å². The van der Waals surface area contributed by atoms with E-state index in [1.165, 1.54) is 26.4 Å². The van der Waals surface area contributed by atoms with Gasteiger partial charge in [-0.1, -0.05) is 42.2 Å². The Morgan fingerprint density at radius 2 is 1.70 bits per heavy atom. The fourth-order valence-electron chi connectivity index (χ4n) is 2.18. The molecule has 7 nitrogen and oxygen atoms in total. The lowest BCUT2D eigenvalue weighted by Gasteiger charge is -2.10. The number of benzene rings is 2. The van der Waals surface area contributed by atoms with Crippen molar-refractivity contribution in [1.82, 2.24) is 5.32 Å². The van der Waals surface area contributed by atoms with Crippen LogP contribution >= 0.6 is 0 Å². The van der Waals surface area contributed by atoms with Crippen LogP contribution in [0.3, 0.4) is 0 Å². The van der Waals surface area contributed by atoms with Gasteiger partial charge in [0.25, 0.3) is 0 Å². The van der Waals surface area contributed by atoms with Crippen LogP contribution in [-0.2, 0) is 11.3 Å². The molecule has 0 atom stereocenters. The Kier molecular flexibility index (Phi) is 7.08. The van der Waals surface area contributed by atoms with Gasteiger partial charge in [-0.2, -0.15) is 0 Å². The molecule has 2 rings (SSSR count). The smallest absolute Gasteiger partial charge is 0.408 e. The number of carboxylic acids is 1. The molecule has 7 heteroatoms. The molecule has 0 fully saturated rings. The molecule has 2 N–H and O–H groups in total. The van der Waals surface area contributed by atoms with E-state index in [1.807, 2.05) is 30.3 Å². The minimum atomic E-state index is -1.10. The summed E-state index contributed by atoms with van der Waals surface area (Å²) in [5, 5.41) is 11.6. The van der Waals surface area contributed by atoms with Crippen molar-refractivity contribution in [2.75, 3.05) is 20.8 Å². The van der Waals surface area contributed by atoms with Gasteiger partial charge in [0, 0.05) is 0 Å². The zero-order valence-electron chi connectivity index (χ0n) is 14.9. The summed E-state index contributed by atoms with van der Waals surface area (Å²) in [5.41, 5.74) is 1.30. The molecule has 2 aromatic carbocycles. The standard InChI is InChI=1S/C20H19NO6/c1-25-17-11-15(19(22)23)12-18(26-2)16(17)9-6-10-21-20(24)27-13-14-7-4-3-5-8-14/h3-5,7-8,11-12H,10,13H2,1-2H3,(H,21,24)(H,22,23). The first-order valence-electron chi connectivity index (χ1n) is 7.98. The molecule has 0 aliphatic rings. The van der Waals surface area contributed by atoms with Gasteiger partial charge in [0.2, 0.25) is 0 Å². The molecule has 0 bridgehead atoms. The van der Waals surface area contributed by atoms with E-state index in [0.29, 0.717) is 5.56 Å². The van der Waals surface area contributed by atoms with Crippen LogP contribution in [0.1, 0.15) is 21.5 Å². The van der Waals surface area contributed by atoms with E-state index in [1.54, 1.807) is 0 Å². The molecule has 0 aliphatic heterocycles. The van der Waals surface area contributed by atoms with Crippen LogP contribution in [0.15, 0.2) is 42.5 Å². The zero-order valence-corrected chi connectivity index (χ0v) is 14.9. The van der Waals surface area contributed by atoms with Gasteiger partial charge in [-0.15, -0.1) is 0 Å². The second kappa shape index (κ2) is 9.73. The average Bonchev–Trinajstić information content (AvgIpc) is 2.69. The van der Waals surface area contributed by atoms with Crippen molar-refractivity contribution < 1.29 is 28.9 Å². The number of hydrogen-bond acceptors (Lipinski definition) is 5. The van der Waals surface area contributed by atoms with Crippen molar-refractivity contribution in [2.45, 2.75) is 6.61 Å². The first kappa shape index (κ1) is 19.7. The van der Waals surface area contributed by atoms with Crippen molar-refractivity contribution in [3.63, 3.8) is 0 Å². The summed E-state index contributed by atoms with van der Waals surface area (Å²) in [7, 11) is 2.82. The van der Waals surface area contributed by atoms with Gasteiger partial charge < -0.3 is 24.6 Å². The second-order valence-electron chi connectivity index (χ2n) is 5.28. The van der Waals surface area contributed by atoms with Gasteiger partial charge >= 0.3 is 12.1 Å². The third-order valence-electron chi connectivity index (χ3n) is 3.50. The van der Waals surface area contributed by atoms with Gasteiger partial charge in [-0.05, 0) is 17.7 Å². The quantitative estimate of drug-likeness (QED) is 0.761. The molecule has 0 heterocycles. The molecule has 0 aliphatic carbocycles. The molecular weight excluding hydrogens is 350 g/mol. The molecule has 0 saturated heterocycles. The molecule has 140 valence electrons. The Bertz CT molecular complexity index is 842. The normalized spacial score (nSPS) is 9.56. The highest BCUT2D eigenvalue weighted by Gasteiger charge is 2.14. The number of hydrogen-bond donors (Lipinski definition) is 2. The Morgan fingerprint density at radius 1 is 1.07 bits per heavy atom. The van der Waals surface area contributed by atoms with Crippen molar-refractivity contribution in [3.8, 4) is 23.3 Å². The SMILES string of the molecule is COc1cc(C(=O)O)cc(OC)c1C#CCNC(=O)OCc1ccccc1. The monoisotopic (exact) mass is 369 g/mol. The van der Waals surface area contributed by atoms with E-state index in [-0.39, 0.29) is 30.2 Å². The first-order chi connectivity index (χ1) is 13.0. The van der Waals surface area contributed by atoms with Gasteiger partial charge in [-0.25, -0.2) is 9.59 Å². The molecule has 27 heavy (non-hydrogen) atoms. The number of carbonyl (C=O) groups excluding carboxylic acids is 1. The van der Waals surface area contributed by atoms with Crippen molar-refractivity contribution in [2.24, 2.45) is 0 Å². The van der Waals surface area contributed by atoms with E-state index < -0.39 is 12.1 Å². The maximum Gasteiger partial charge on any atom is 0.408 e. The van der Waals surface area contributed by atoms with Crippen molar-refractivity contribution in [1.29, 1.82) is 0 Å². The largest absolute Gasteiger partial charge is 0.495 e. The van der Waals surface area contributed by atoms with Crippen LogP contribution in [0.2, 0.25) is 0 Å². The molecule has 0 unspecified atom stereocenters. The van der Waals surface area contributed by atoms with Crippen LogP contribution in [0.25, 0.3) is 0 Å². The Morgan fingerprint density at radius 3 is 2.26 bits per heavy atom. The highest BCUT2D eigenvalue weighted by atomic mass is 16.5. The van der Waals surface area contributed by atoms with E-state index in [2.05, 4.69) is 17.2 Å². The van der Waals surface area contributed by atoms with E-state index >= 15 is 0 Å². The summed E-state index contributed by atoms with van der Waals surface area (Å²) >= 11 is 0. The third kappa shape index (κ3) is 5.68. The van der Waals surface area contributed by atoms with E-state index in [9.17, 15) is 9.59 Å². The number of rotatable bonds is 6. The Hall–Kier alpha value is -3.66. The lowest BCUT2D eigenvalue weighted by Crippen LogP contribution is -2.24. The van der Waals surface area contributed by atoms with Crippen molar-refractivity contribution >= 4 is 12.1 Å². The topological polar surface area (TPSA) is 94.1 Å². The molecule has 1 amide bonds. The average molecular weight is 369 g/mol. The predicted molar refractivity (Wildman–Crippen MR) is 98.0 cm³/mol. The van der Waals surface area contributed by atoms with Gasteiger partial charge in [0.15, 0.2) is 0 Å². The van der Waals surface area contributed by atoms with Crippen LogP contribution in [0.5, 0.6) is 11.5 Å². The predicted octanol–water partition coefficient (Wildman–Crippen LogP) is 2.68. The molecule has 2 aromatic rings. The zero-order chi connectivity index (χ0) is 19.6. The van der Waals surface area contributed by atoms with E-state index in [4.69, 9.17) is 19.3 Å². The van der Waals surface area contributed by atoms with Gasteiger partial charge in [0.1, 0.15) is 23.7 Å². The Labute approximate surface area is 156 Å². The highest BCUT2D eigenvalue weighted by Crippen LogP contribution is 2.29. The van der Waals surface area contributed by atoms with Gasteiger partial charge in [0.05, 0.1) is 26.3 Å². The van der Waals surface area contributed by atoms with Gasteiger partial charge in [-0.3, -0.25) is 0 Å². The van der Waals surface area contributed by atoms with Crippen molar-refractivity contribution in [3.05, 3.63) is 59.2 Å². The molecule has 0 aromatic heterocycles. The third-order valence-corrected chi connectivity index (χ3v) is 3.50. The highest BCUT2D eigenvalue weighted by molar-refractivity contribution is 5.89. The van der Waals surface area contributed by atoms with Crippen LogP contribution < -0.4 is 14.8 Å². The number of methoxy groups -OCH3 is 2. The number of carboxylic acid groups (broad SMARTS) is 1. The summed E-state index contributed by atoms with van der Waals surface area (Å²) in [4.78, 5) is 22.8. The molecular formula is C20H19NO6.